The minimum absolute atomic E-state index is 0.00961. The largest absolute Gasteiger partial charge is 0.411 e. The van der Waals surface area contributed by atoms with Crippen molar-refractivity contribution in [1.82, 2.24) is 9.97 Å². The van der Waals surface area contributed by atoms with Gasteiger partial charge in [0, 0.05) is 6.20 Å². The molecule has 5 N–H and O–H groups in total. The van der Waals surface area contributed by atoms with E-state index in [2.05, 4.69) is 44.7 Å². The second-order valence-corrected chi connectivity index (χ2v) is 6.83. The molecule has 1 atom stereocenters. The summed E-state index contributed by atoms with van der Waals surface area (Å²) in [7, 11) is 0. The van der Waals surface area contributed by atoms with Crippen LogP contribution in [0.15, 0.2) is 41.7 Å². The second kappa shape index (κ2) is 8.62. The molecule has 1 aliphatic carbocycles. The molecule has 26 heavy (non-hydrogen) atoms. The van der Waals surface area contributed by atoms with E-state index in [9.17, 15) is 5.11 Å². The number of rotatable bonds is 8. The van der Waals surface area contributed by atoms with Crippen LogP contribution in [0.3, 0.4) is 0 Å². The van der Waals surface area contributed by atoms with E-state index >= 15 is 0 Å². The molecular weight excluding hydrogens is 330 g/mol. The molecule has 0 radical (unpaired) electrons. The average Bonchev–Trinajstić information content (AvgIpc) is 2.62. The van der Waals surface area contributed by atoms with Gasteiger partial charge < -0.3 is 21.4 Å². The lowest BCUT2D eigenvalue weighted by molar-refractivity contribution is 0.124. The van der Waals surface area contributed by atoms with E-state index in [4.69, 9.17) is 10.9 Å². The summed E-state index contributed by atoms with van der Waals surface area (Å²) < 4.78 is 0. The van der Waals surface area contributed by atoms with Crippen LogP contribution in [0.25, 0.3) is 0 Å². The molecule has 2 aromatic rings. The number of hydrogen-bond donors (Lipinski definition) is 4. The van der Waals surface area contributed by atoms with Crippen LogP contribution < -0.4 is 11.1 Å². The topological polar surface area (TPSA) is 117 Å². The van der Waals surface area contributed by atoms with Gasteiger partial charge in [0.15, 0.2) is 0 Å². The van der Waals surface area contributed by atoms with Crippen molar-refractivity contribution < 1.29 is 10.3 Å². The lowest BCUT2D eigenvalue weighted by atomic mass is 9.69. The third kappa shape index (κ3) is 4.49. The van der Waals surface area contributed by atoms with Gasteiger partial charge in [0.2, 0.25) is 5.95 Å². The summed E-state index contributed by atoms with van der Waals surface area (Å²) >= 11 is 0. The first-order chi connectivity index (χ1) is 12.7. The lowest BCUT2D eigenvalue weighted by Gasteiger charge is -2.40. The number of aryl methyl sites for hydroxylation is 1. The zero-order chi connectivity index (χ0) is 18.4. The molecule has 0 saturated heterocycles. The molecule has 0 aliphatic heterocycles. The van der Waals surface area contributed by atoms with E-state index in [1.165, 1.54) is 24.4 Å². The van der Waals surface area contributed by atoms with Gasteiger partial charge in [0.1, 0.15) is 5.82 Å². The van der Waals surface area contributed by atoms with Crippen LogP contribution in [0, 0.1) is 11.8 Å². The van der Waals surface area contributed by atoms with Crippen molar-refractivity contribution in [1.29, 1.82) is 0 Å². The number of oxime groups is 1. The number of aliphatic hydroxyl groups excluding tert-OH is 1. The fourth-order valence-electron chi connectivity index (χ4n) is 3.53. The quantitative estimate of drug-likeness (QED) is 0.328. The predicted molar refractivity (Wildman–Crippen MR) is 101 cm³/mol. The Kier molecular flexibility index (Phi) is 6.01. The minimum Gasteiger partial charge on any atom is -0.411 e. The zero-order valence-electron chi connectivity index (χ0n) is 14.6. The monoisotopic (exact) mass is 355 g/mol. The van der Waals surface area contributed by atoms with Gasteiger partial charge in [-0.1, -0.05) is 35.5 Å². The van der Waals surface area contributed by atoms with Crippen LogP contribution in [0.4, 0.5) is 11.8 Å². The summed E-state index contributed by atoms with van der Waals surface area (Å²) in [4.78, 5) is 8.05. The molecule has 1 aromatic carbocycles. The fourth-order valence-corrected chi connectivity index (χ4v) is 3.53. The van der Waals surface area contributed by atoms with Crippen LogP contribution in [0.5, 0.6) is 0 Å². The molecule has 0 bridgehead atoms. The van der Waals surface area contributed by atoms with Crippen LogP contribution in [0.2, 0.25) is 0 Å². The second-order valence-electron chi connectivity index (χ2n) is 6.83. The van der Waals surface area contributed by atoms with E-state index in [1.807, 2.05) is 6.07 Å². The van der Waals surface area contributed by atoms with Crippen LogP contribution in [-0.2, 0) is 6.42 Å². The highest BCUT2D eigenvalue weighted by Crippen LogP contribution is 2.39. The summed E-state index contributed by atoms with van der Waals surface area (Å²) in [5, 5.41) is 24.8. The Morgan fingerprint density at radius 3 is 2.77 bits per heavy atom. The van der Waals surface area contributed by atoms with Crippen molar-refractivity contribution in [2.45, 2.75) is 31.7 Å². The first kappa shape index (κ1) is 18.1. The molecule has 1 fully saturated rings. The van der Waals surface area contributed by atoms with Gasteiger partial charge in [-0.2, -0.15) is 4.98 Å². The SMILES string of the molecule is Nc1ncc(C=NO)c(NC(CO)C2CC(CCc3ccccc3)C2)n1. The van der Waals surface area contributed by atoms with Crippen LogP contribution in [-0.4, -0.2) is 39.1 Å². The predicted octanol–water partition coefficient (Wildman–Crippen LogP) is 2.30. The first-order valence-corrected chi connectivity index (χ1v) is 8.91. The molecule has 1 aliphatic rings. The van der Waals surface area contributed by atoms with Crippen molar-refractivity contribution in [3.05, 3.63) is 47.7 Å². The number of nitrogens with one attached hydrogen (secondary N) is 1. The average molecular weight is 355 g/mol. The molecule has 1 unspecified atom stereocenters. The van der Waals surface area contributed by atoms with Crippen molar-refractivity contribution in [3.63, 3.8) is 0 Å². The first-order valence-electron chi connectivity index (χ1n) is 8.91. The number of nitrogens with zero attached hydrogens (tertiary/aromatic N) is 3. The third-order valence-corrected chi connectivity index (χ3v) is 5.08. The van der Waals surface area contributed by atoms with E-state index in [1.54, 1.807) is 0 Å². The highest BCUT2D eigenvalue weighted by Gasteiger charge is 2.34. The number of aromatic nitrogens is 2. The molecular formula is C19H25N5O2. The van der Waals surface area contributed by atoms with E-state index in [-0.39, 0.29) is 18.6 Å². The van der Waals surface area contributed by atoms with Gasteiger partial charge in [-0.25, -0.2) is 4.98 Å². The third-order valence-electron chi connectivity index (χ3n) is 5.08. The maximum Gasteiger partial charge on any atom is 0.221 e. The van der Waals surface area contributed by atoms with Gasteiger partial charge in [0.05, 0.1) is 24.4 Å². The summed E-state index contributed by atoms with van der Waals surface area (Å²) in [6.45, 7) is 0.00961. The summed E-state index contributed by atoms with van der Waals surface area (Å²) in [5.74, 6) is 1.68. The van der Waals surface area contributed by atoms with E-state index in [0.29, 0.717) is 23.2 Å². The number of nitrogen functional groups attached to an aromatic ring is 1. The Balaban J connectivity index is 1.54. The Morgan fingerprint density at radius 1 is 1.31 bits per heavy atom. The Bertz CT molecular complexity index is 732. The van der Waals surface area contributed by atoms with E-state index < -0.39 is 0 Å². The lowest BCUT2D eigenvalue weighted by Crippen LogP contribution is -2.41. The van der Waals surface area contributed by atoms with Crippen molar-refractivity contribution in [2.24, 2.45) is 17.0 Å². The normalized spacial score (nSPS) is 20.7. The van der Waals surface area contributed by atoms with Crippen molar-refractivity contribution >= 4 is 18.0 Å². The molecule has 3 rings (SSSR count). The highest BCUT2D eigenvalue weighted by molar-refractivity contribution is 5.85. The van der Waals surface area contributed by atoms with E-state index in [0.717, 1.165) is 19.3 Å². The Morgan fingerprint density at radius 2 is 2.08 bits per heavy atom. The number of hydrogen-bond acceptors (Lipinski definition) is 7. The summed E-state index contributed by atoms with van der Waals surface area (Å²) in [5.41, 5.74) is 7.55. The smallest absolute Gasteiger partial charge is 0.221 e. The molecule has 1 saturated carbocycles. The van der Waals surface area contributed by atoms with Crippen LogP contribution in [0.1, 0.15) is 30.4 Å². The van der Waals surface area contributed by atoms with Crippen LogP contribution >= 0.6 is 0 Å². The van der Waals surface area contributed by atoms with Gasteiger partial charge in [-0.15, -0.1) is 0 Å². The van der Waals surface area contributed by atoms with Gasteiger partial charge >= 0.3 is 0 Å². The number of benzene rings is 1. The number of nitrogens with two attached hydrogens (primary N) is 1. The molecule has 1 aromatic heterocycles. The zero-order valence-corrected chi connectivity index (χ0v) is 14.6. The Labute approximate surface area is 153 Å². The molecule has 138 valence electrons. The van der Waals surface area contributed by atoms with Gasteiger partial charge in [-0.3, -0.25) is 0 Å². The molecule has 0 spiro atoms. The standard InChI is InChI=1S/C19H25N5O2/c20-19-21-10-16(11-22-26)18(24-19)23-17(12-25)15-8-14(9-15)7-6-13-4-2-1-3-5-13/h1-5,10-11,14-15,17,25-26H,6-9,12H2,(H3,20,21,23,24). The fraction of sp³-hybridized carbons (Fsp3) is 0.421. The number of anilines is 2. The minimum atomic E-state index is -0.108. The molecule has 1 heterocycles. The van der Waals surface area contributed by atoms with Crippen molar-refractivity contribution in [3.8, 4) is 0 Å². The number of aliphatic hydroxyl groups is 1. The van der Waals surface area contributed by atoms with Crippen molar-refractivity contribution in [2.75, 3.05) is 17.7 Å². The van der Waals surface area contributed by atoms with Gasteiger partial charge in [-0.05, 0) is 43.1 Å². The highest BCUT2D eigenvalue weighted by atomic mass is 16.4. The molecule has 7 heteroatoms. The molecule has 0 amide bonds. The summed E-state index contributed by atoms with van der Waals surface area (Å²) in [6, 6.07) is 10.4. The Hall–Kier alpha value is -2.67. The van der Waals surface area contributed by atoms with Gasteiger partial charge in [0.25, 0.3) is 0 Å². The molecule has 7 nitrogen and oxygen atoms in total. The summed E-state index contributed by atoms with van der Waals surface area (Å²) in [6.07, 6.45) is 7.16. The maximum atomic E-state index is 9.79. The maximum absolute atomic E-state index is 9.79.